The standard InChI is InChI=1S/C17H24O4/c1-3-8-15(17(19)21-4-2)16(18)11-12-20-13-14-9-6-5-7-10-14/h5-10,16,18H,3-4,11-13H2,1-2H3/b15-8-/t16-/m0/s1. The fourth-order valence-corrected chi connectivity index (χ4v) is 1.90. The minimum Gasteiger partial charge on any atom is -0.463 e. The van der Waals surface area contributed by atoms with Crippen LogP contribution in [0, 0.1) is 0 Å². The summed E-state index contributed by atoms with van der Waals surface area (Å²) < 4.78 is 10.5. The van der Waals surface area contributed by atoms with E-state index in [4.69, 9.17) is 9.47 Å². The molecule has 0 aliphatic heterocycles. The van der Waals surface area contributed by atoms with Gasteiger partial charge in [-0.25, -0.2) is 4.79 Å². The van der Waals surface area contributed by atoms with Gasteiger partial charge in [0.2, 0.25) is 0 Å². The van der Waals surface area contributed by atoms with Crippen LogP contribution in [0.25, 0.3) is 0 Å². The average molecular weight is 292 g/mol. The minimum atomic E-state index is -0.847. The maximum Gasteiger partial charge on any atom is 0.336 e. The fourth-order valence-electron chi connectivity index (χ4n) is 1.90. The van der Waals surface area contributed by atoms with Crippen LogP contribution in [-0.2, 0) is 20.9 Å². The summed E-state index contributed by atoms with van der Waals surface area (Å²) in [5, 5.41) is 10.1. The van der Waals surface area contributed by atoms with Gasteiger partial charge in [0.05, 0.1) is 24.9 Å². The highest BCUT2D eigenvalue weighted by molar-refractivity contribution is 5.89. The summed E-state index contributed by atoms with van der Waals surface area (Å²) in [5.74, 6) is -0.449. The van der Waals surface area contributed by atoms with Crippen molar-refractivity contribution in [2.45, 2.75) is 39.4 Å². The molecule has 1 rings (SSSR count). The van der Waals surface area contributed by atoms with E-state index >= 15 is 0 Å². The number of ether oxygens (including phenoxy) is 2. The average Bonchev–Trinajstić information content (AvgIpc) is 2.50. The van der Waals surface area contributed by atoms with Crippen molar-refractivity contribution >= 4 is 5.97 Å². The molecule has 1 N–H and O–H groups in total. The summed E-state index contributed by atoms with van der Waals surface area (Å²) in [6.07, 6.45) is 1.91. The number of carbonyl (C=O) groups excluding carboxylic acids is 1. The summed E-state index contributed by atoms with van der Waals surface area (Å²) in [6.45, 7) is 4.85. The quantitative estimate of drug-likeness (QED) is 0.432. The number of hydrogen-bond acceptors (Lipinski definition) is 4. The molecule has 0 amide bonds. The predicted octanol–water partition coefficient (Wildman–Crippen LogP) is 2.85. The third-order valence-corrected chi connectivity index (χ3v) is 2.94. The Bertz CT molecular complexity index is 439. The maximum absolute atomic E-state index is 11.7. The Morgan fingerprint density at radius 3 is 2.62 bits per heavy atom. The molecule has 21 heavy (non-hydrogen) atoms. The second kappa shape index (κ2) is 10.1. The number of hydrogen-bond donors (Lipinski definition) is 1. The first-order chi connectivity index (χ1) is 10.2. The number of allylic oxidation sites excluding steroid dienone is 1. The van der Waals surface area contributed by atoms with Crippen LogP contribution in [0.5, 0.6) is 0 Å². The highest BCUT2D eigenvalue weighted by atomic mass is 16.5. The molecule has 1 atom stereocenters. The van der Waals surface area contributed by atoms with Gasteiger partial charge in [-0.2, -0.15) is 0 Å². The molecular formula is C17H24O4. The van der Waals surface area contributed by atoms with E-state index in [0.717, 1.165) is 5.56 Å². The molecular weight excluding hydrogens is 268 g/mol. The number of carbonyl (C=O) groups is 1. The number of esters is 1. The molecule has 4 nitrogen and oxygen atoms in total. The van der Waals surface area contributed by atoms with Crippen LogP contribution in [-0.4, -0.2) is 30.4 Å². The third-order valence-electron chi connectivity index (χ3n) is 2.94. The van der Waals surface area contributed by atoms with Crippen LogP contribution in [0.1, 0.15) is 32.3 Å². The van der Waals surface area contributed by atoms with Gasteiger partial charge in [-0.1, -0.05) is 43.3 Å². The summed E-state index contributed by atoms with van der Waals surface area (Å²) >= 11 is 0. The van der Waals surface area contributed by atoms with E-state index < -0.39 is 12.1 Å². The zero-order valence-corrected chi connectivity index (χ0v) is 12.7. The Morgan fingerprint density at radius 1 is 1.29 bits per heavy atom. The van der Waals surface area contributed by atoms with Crippen molar-refractivity contribution < 1.29 is 19.4 Å². The van der Waals surface area contributed by atoms with E-state index in [2.05, 4.69) is 0 Å². The van der Waals surface area contributed by atoms with Gasteiger partial charge in [-0.05, 0) is 18.9 Å². The first-order valence-electron chi connectivity index (χ1n) is 7.35. The zero-order chi connectivity index (χ0) is 15.5. The second-order valence-corrected chi connectivity index (χ2v) is 4.63. The van der Waals surface area contributed by atoms with Crippen LogP contribution in [0.2, 0.25) is 0 Å². The van der Waals surface area contributed by atoms with Gasteiger partial charge >= 0.3 is 5.97 Å². The van der Waals surface area contributed by atoms with Crippen molar-refractivity contribution in [1.29, 1.82) is 0 Å². The van der Waals surface area contributed by atoms with Gasteiger partial charge in [-0.3, -0.25) is 0 Å². The molecule has 0 saturated carbocycles. The lowest BCUT2D eigenvalue weighted by Gasteiger charge is -2.14. The van der Waals surface area contributed by atoms with Gasteiger partial charge in [0.1, 0.15) is 0 Å². The maximum atomic E-state index is 11.7. The SMILES string of the molecule is CC/C=C(\C(=O)OCC)[C@@H](O)CCOCc1ccccc1. The van der Waals surface area contributed by atoms with E-state index in [1.165, 1.54) is 0 Å². The lowest BCUT2D eigenvalue weighted by Crippen LogP contribution is -2.22. The predicted molar refractivity (Wildman–Crippen MR) is 81.7 cm³/mol. The van der Waals surface area contributed by atoms with Crippen LogP contribution in [0.3, 0.4) is 0 Å². The van der Waals surface area contributed by atoms with Gasteiger partial charge in [-0.15, -0.1) is 0 Å². The molecule has 1 aromatic carbocycles. The fraction of sp³-hybridized carbons (Fsp3) is 0.471. The highest BCUT2D eigenvalue weighted by Gasteiger charge is 2.19. The molecule has 0 heterocycles. The summed E-state index contributed by atoms with van der Waals surface area (Å²) in [7, 11) is 0. The van der Waals surface area contributed by atoms with Crippen molar-refractivity contribution in [3.8, 4) is 0 Å². The third kappa shape index (κ3) is 6.56. The molecule has 0 aromatic heterocycles. The van der Waals surface area contributed by atoms with Crippen LogP contribution >= 0.6 is 0 Å². The van der Waals surface area contributed by atoms with E-state index in [9.17, 15) is 9.90 Å². The Kier molecular flexibility index (Phi) is 8.40. The lowest BCUT2D eigenvalue weighted by molar-refractivity contribution is -0.139. The molecule has 116 valence electrons. The van der Waals surface area contributed by atoms with Gasteiger partial charge in [0.15, 0.2) is 0 Å². The number of aliphatic hydroxyl groups excluding tert-OH is 1. The van der Waals surface area contributed by atoms with Gasteiger partial charge < -0.3 is 14.6 Å². The van der Waals surface area contributed by atoms with E-state index in [1.54, 1.807) is 13.0 Å². The molecule has 0 aliphatic rings. The normalized spacial score (nSPS) is 13.0. The molecule has 0 radical (unpaired) electrons. The summed E-state index contributed by atoms with van der Waals surface area (Å²) in [6, 6.07) is 9.83. The number of rotatable bonds is 9. The van der Waals surface area contributed by atoms with E-state index in [1.807, 2.05) is 37.3 Å². The summed E-state index contributed by atoms with van der Waals surface area (Å²) in [4.78, 5) is 11.7. The first-order valence-corrected chi connectivity index (χ1v) is 7.35. The van der Waals surface area contributed by atoms with Crippen LogP contribution < -0.4 is 0 Å². The molecule has 1 aromatic rings. The second-order valence-electron chi connectivity index (χ2n) is 4.63. The smallest absolute Gasteiger partial charge is 0.336 e. The van der Waals surface area contributed by atoms with Crippen molar-refractivity contribution in [2.24, 2.45) is 0 Å². The Labute approximate surface area is 126 Å². The number of aliphatic hydroxyl groups is 1. The molecule has 4 heteroatoms. The van der Waals surface area contributed by atoms with Crippen molar-refractivity contribution in [3.05, 3.63) is 47.5 Å². The van der Waals surface area contributed by atoms with E-state index in [-0.39, 0.29) is 0 Å². The first kappa shape index (κ1) is 17.4. The molecule has 0 unspecified atom stereocenters. The molecule has 0 saturated heterocycles. The minimum absolute atomic E-state index is 0.303. The lowest BCUT2D eigenvalue weighted by atomic mass is 10.1. The Balaban J connectivity index is 2.38. The zero-order valence-electron chi connectivity index (χ0n) is 12.7. The van der Waals surface area contributed by atoms with Crippen molar-refractivity contribution in [2.75, 3.05) is 13.2 Å². The van der Waals surface area contributed by atoms with Crippen molar-refractivity contribution in [1.82, 2.24) is 0 Å². The molecule has 0 aliphatic carbocycles. The van der Waals surface area contributed by atoms with Crippen molar-refractivity contribution in [3.63, 3.8) is 0 Å². The Morgan fingerprint density at radius 2 is 2.00 bits per heavy atom. The van der Waals surface area contributed by atoms with Gasteiger partial charge in [0, 0.05) is 13.0 Å². The number of benzene rings is 1. The molecule has 0 spiro atoms. The molecule has 0 fully saturated rings. The van der Waals surface area contributed by atoms with E-state index in [0.29, 0.717) is 38.2 Å². The highest BCUT2D eigenvalue weighted by Crippen LogP contribution is 2.11. The summed E-state index contributed by atoms with van der Waals surface area (Å²) in [5.41, 5.74) is 1.41. The van der Waals surface area contributed by atoms with Gasteiger partial charge in [0.25, 0.3) is 0 Å². The molecule has 0 bridgehead atoms. The monoisotopic (exact) mass is 292 g/mol. The van der Waals surface area contributed by atoms with Crippen LogP contribution in [0.4, 0.5) is 0 Å². The topological polar surface area (TPSA) is 55.8 Å². The van der Waals surface area contributed by atoms with Crippen LogP contribution in [0.15, 0.2) is 42.0 Å². The largest absolute Gasteiger partial charge is 0.463 e. The Hall–Kier alpha value is -1.65.